The molecule has 14 heteroatoms. The van der Waals surface area contributed by atoms with Crippen molar-refractivity contribution < 1.29 is 23.1 Å². The zero-order chi connectivity index (χ0) is 28.1. The summed E-state index contributed by atoms with van der Waals surface area (Å²) < 4.78 is 41.2. The summed E-state index contributed by atoms with van der Waals surface area (Å²) in [5.74, 6) is -2.48. The molecule has 10 nitrogen and oxygen atoms in total. The topological polar surface area (TPSA) is 129 Å². The minimum atomic E-state index is -1.38. The maximum absolute atomic E-state index is 13.9. The van der Waals surface area contributed by atoms with E-state index in [0.717, 1.165) is 23.9 Å². The van der Waals surface area contributed by atoms with Gasteiger partial charge in [-0.2, -0.15) is 0 Å². The van der Waals surface area contributed by atoms with Crippen LogP contribution in [0.15, 0.2) is 48.7 Å². The van der Waals surface area contributed by atoms with Gasteiger partial charge < -0.3 is 20.6 Å². The van der Waals surface area contributed by atoms with Gasteiger partial charge in [0.2, 0.25) is 11.0 Å². The standard InChI is InChI=1S/C26H25F3N8O2S/c27-18-4-5-19(28)24(29)17(18)14-23(39)32-26-36-35-25(40-26)15-8-11-37(12-9-15)21-7-6-20(33-34-21)31-22(38)13-16-3-1-2-10-30-16/h1-7,10,15,23,39H,8-9,11-14H2,(H,32,36)(H,31,33,38). The first kappa shape index (κ1) is 27.4. The molecule has 1 unspecified atom stereocenters. The maximum Gasteiger partial charge on any atom is 0.231 e. The van der Waals surface area contributed by atoms with E-state index in [2.05, 4.69) is 40.9 Å². The normalized spacial score (nSPS) is 14.7. The quantitative estimate of drug-likeness (QED) is 0.204. The molecule has 1 amide bonds. The molecule has 0 spiro atoms. The zero-order valence-corrected chi connectivity index (χ0v) is 21.9. The van der Waals surface area contributed by atoms with Gasteiger partial charge in [0.15, 0.2) is 23.3 Å². The summed E-state index contributed by atoms with van der Waals surface area (Å²) in [6.45, 7) is 1.40. The van der Waals surface area contributed by atoms with Gasteiger partial charge in [-0.25, -0.2) is 13.2 Å². The summed E-state index contributed by atoms with van der Waals surface area (Å²) in [5, 5.41) is 33.3. The molecule has 3 aromatic heterocycles. The smallest absolute Gasteiger partial charge is 0.231 e. The number of nitrogens with one attached hydrogen (secondary N) is 2. The number of halogens is 3. The number of pyridine rings is 1. The molecule has 208 valence electrons. The van der Waals surface area contributed by atoms with Gasteiger partial charge in [-0.05, 0) is 49.2 Å². The van der Waals surface area contributed by atoms with Crippen molar-refractivity contribution >= 4 is 34.0 Å². The van der Waals surface area contributed by atoms with E-state index in [-0.39, 0.29) is 18.2 Å². The van der Waals surface area contributed by atoms with E-state index in [1.165, 1.54) is 11.3 Å². The number of hydrogen-bond acceptors (Lipinski definition) is 10. The van der Waals surface area contributed by atoms with Gasteiger partial charge >= 0.3 is 0 Å². The highest BCUT2D eigenvalue weighted by Gasteiger charge is 2.25. The van der Waals surface area contributed by atoms with Crippen molar-refractivity contribution in [3.05, 3.63) is 82.4 Å². The first-order valence-corrected chi connectivity index (χ1v) is 13.4. The summed E-state index contributed by atoms with van der Waals surface area (Å²) in [7, 11) is 0. The van der Waals surface area contributed by atoms with Gasteiger partial charge in [0.1, 0.15) is 17.1 Å². The number of amides is 1. The predicted octanol–water partition coefficient (Wildman–Crippen LogP) is 3.68. The number of anilines is 3. The molecule has 5 rings (SSSR count). The maximum atomic E-state index is 13.9. The van der Waals surface area contributed by atoms with Crippen LogP contribution in [0.25, 0.3) is 0 Å². The molecular formula is C26H25F3N8O2S. The van der Waals surface area contributed by atoms with E-state index in [9.17, 15) is 23.1 Å². The summed E-state index contributed by atoms with van der Waals surface area (Å²) in [6, 6.07) is 10.4. The number of aliphatic hydroxyl groups is 1. The van der Waals surface area contributed by atoms with Gasteiger partial charge in [-0.15, -0.1) is 20.4 Å². The number of nitrogens with zero attached hydrogens (tertiary/aromatic N) is 6. The number of rotatable bonds is 9. The van der Waals surface area contributed by atoms with Crippen molar-refractivity contribution in [3.8, 4) is 0 Å². The average molecular weight is 571 g/mol. The lowest BCUT2D eigenvalue weighted by atomic mass is 9.98. The third-order valence-electron chi connectivity index (χ3n) is 6.42. The van der Waals surface area contributed by atoms with Crippen LogP contribution in [-0.2, 0) is 17.6 Å². The van der Waals surface area contributed by atoms with Crippen LogP contribution in [-0.4, -0.2) is 55.7 Å². The second kappa shape index (κ2) is 12.3. The number of carbonyl (C=O) groups is 1. The number of hydrogen-bond donors (Lipinski definition) is 3. The van der Waals surface area contributed by atoms with Crippen molar-refractivity contribution in [1.82, 2.24) is 25.4 Å². The van der Waals surface area contributed by atoms with E-state index < -0.39 is 35.7 Å². The fourth-order valence-corrected chi connectivity index (χ4v) is 5.33. The van der Waals surface area contributed by atoms with Crippen molar-refractivity contribution in [3.63, 3.8) is 0 Å². The highest BCUT2D eigenvalue weighted by molar-refractivity contribution is 7.15. The lowest BCUT2D eigenvalue weighted by Gasteiger charge is -2.31. The molecule has 4 aromatic rings. The monoisotopic (exact) mass is 570 g/mol. The molecular weight excluding hydrogens is 545 g/mol. The molecule has 1 fully saturated rings. The van der Waals surface area contributed by atoms with Crippen LogP contribution < -0.4 is 15.5 Å². The molecule has 0 bridgehead atoms. The van der Waals surface area contributed by atoms with E-state index in [1.807, 2.05) is 12.1 Å². The minimum Gasteiger partial charge on any atom is -0.373 e. The molecule has 1 aromatic carbocycles. The second-order valence-electron chi connectivity index (χ2n) is 9.22. The largest absolute Gasteiger partial charge is 0.373 e. The van der Waals surface area contributed by atoms with Gasteiger partial charge in [0.05, 0.1) is 6.42 Å². The molecule has 40 heavy (non-hydrogen) atoms. The third-order valence-corrected chi connectivity index (χ3v) is 7.44. The van der Waals surface area contributed by atoms with Crippen LogP contribution in [0.1, 0.15) is 35.0 Å². The van der Waals surface area contributed by atoms with Gasteiger partial charge in [0, 0.05) is 42.9 Å². The van der Waals surface area contributed by atoms with E-state index in [1.54, 1.807) is 24.4 Å². The van der Waals surface area contributed by atoms with Gasteiger partial charge in [0.25, 0.3) is 0 Å². The Balaban J connectivity index is 1.10. The average Bonchev–Trinajstić information content (AvgIpc) is 3.42. The Morgan fingerprint density at radius 3 is 2.55 bits per heavy atom. The molecule has 1 aliphatic rings. The fraction of sp³-hybridized carbons (Fsp3) is 0.308. The highest BCUT2D eigenvalue weighted by Crippen LogP contribution is 2.33. The molecule has 1 aliphatic heterocycles. The Hall–Kier alpha value is -4.17. The number of aromatic nitrogens is 5. The summed E-state index contributed by atoms with van der Waals surface area (Å²) in [4.78, 5) is 18.5. The van der Waals surface area contributed by atoms with Crippen LogP contribution in [0, 0.1) is 17.5 Å². The molecule has 0 aliphatic carbocycles. The SMILES string of the molecule is O=C(Cc1ccccn1)Nc1ccc(N2CCC(c3nnc(NC(O)Cc4c(F)ccc(F)c4F)s3)CC2)nn1. The number of piperidine rings is 1. The number of carbonyl (C=O) groups excluding carboxylic acids is 1. The van der Waals surface area contributed by atoms with E-state index in [4.69, 9.17) is 0 Å². The zero-order valence-electron chi connectivity index (χ0n) is 21.1. The summed E-state index contributed by atoms with van der Waals surface area (Å²) in [6.07, 6.45) is 1.48. The van der Waals surface area contributed by atoms with E-state index in [0.29, 0.717) is 41.6 Å². The van der Waals surface area contributed by atoms with E-state index >= 15 is 0 Å². The lowest BCUT2D eigenvalue weighted by molar-refractivity contribution is -0.115. The van der Waals surface area contributed by atoms with Crippen LogP contribution in [0.4, 0.5) is 29.9 Å². The summed E-state index contributed by atoms with van der Waals surface area (Å²) in [5.41, 5.74) is 0.122. The van der Waals surface area contributed by atoms with Crippen molar-refractivity contribution in [2.45, 2.75) is 37.8 Å². The number of benzene rings is 1. The molecule has 4 heterocycles. The summed E-state index contributed by atoms with van der Waals surface area (Å²) >= 11 is 1.25. The Bertz CT molecular complexity index is 1450. The third kappa shape index (κ3) is 6.69. The first-order chi connectivity index (χ1) is 19.4. The Morgan fingerprint density at radius 1 is 1.02 bits per heavy atom. The molecule has 1 saturated heterocycles. The van der Waals surface area contributed by atoms with Crippen LogP contribution in [0.2, 0.25) is 0 Å². The molecule has 3 N–H and O–H groups in total. The first-order valence-electron chi connectivity index (χ1n) is 12.5. The second-order valence-corrected chi connectivity index (χ2v) is 10.2. The minimum absolute atomic E-state index is 0.137. The Kier molecular flexibility index (Phi) is 8.45. The fourth-order valence-electron chi connectivity index (χ4n) is 4.37. The Morgan fingerprint density at radius 2 is 1.82 bits per heavy atom. The lowest BCUT2D eigenvalue weighted by Crippen LogP contribution is -2.33. The van der Waals surface area contributed by atoms with Gasteiger partial charge in [-0.3, -0.25) is 9.78 Å². The van der Waals surface area contributed by atoms with Gasteiger partial charge in [-0.1, -0.05) is 17.4 Å². The van der Waals surface area contributed by atoms with Crippen molar-refractivity contribution in [2.75, 3.05) is 28.6 Å². The Labute approximate surface area is 231 Å². The van der Waals surface area contributed by atoms with Crippen molar-refractivity contribution in [2.24, 2.45) is 0 Å². The van der Waals surface area contributed by atoms with Crippen LogP contribution >= 0.6 is 11.3 Å². The predicted molar refractivity (Wildman–Crippen MR) is 142 cm³/mol. The highest BCUT2D eigenvalue weighted by atomic mass is 32.1. The van der Waals surface area contributed by atoms with Crippen LogP contribution in [0.3, 0.4) is 0 Å². The van der Waals surface area contributed by atoms with Crippen LogP contribution in [0.5, 0.6) is 0 Å². The molecule has 1 atom stereocenters. The van der Waals surface area contributed by atoms with Crippen molar-refractivity contribution in [1.29, 1.82) is 0 Å². The number of aliphatic hydroxyl groups excluding tert-OH is 1. The molecule has 0 radical (unpaired) electrons. The molecule has 0 saturated carbocycles.